The van der Waals surface area contributed by atoms with Crippen LogP contribution in [0.15, 0.2) is 0 Å². The highest BCUT2D eigenvalue weighted by atomic mass is 29.2. The van der Waals surface area contributed by atoms with E-state index in [1.807, 2.05) is 0 Å². The van der Waals surface area contributed by atoms with Crippen molar-refractivity contribution >= 4 is 17.4 Å². The zero-order valence-corrected chi connectivity index (χ0v) is 13.5. The van der Waals surface area contributed by atoms with Gasteiger partial charge in [-0.3, -0.25) is 0 Å². The molecule has 0 bridgehead atoms. The lowest BCUT2D eigenvalue weighted by Crippen LogP contribution is -2.49. The molecule has 0 spiro atoms. The van der Waals surface area contributed by atoms with Crippen molar-refractivity contribution in [3.05, 3.63) is 0 Å². The van der Waals surface area contributed by atoms with Gasteiger partial charge < -0.3 is 18.0 Å². The Morgan fingerprint density at radius 2 is 1.82 bits per heavy atom. The summed E-state index contributed by atoms with van der Waals surface area (Å²) in [6.07, 6.45) is 6.43. The molecule has 1 aliphatic carbocycles. The molecule has 1 aliphatic heterocycles. The molecule has 0 aromatic heterocycles. The predicted molar refractivity (Wildman–Crippen MR) is 70.8 cm³/mol. The molecule has 1 saturated carbocycles. The molecule has 2 rings (SSSR count). The van der Waals surface area contributed by atoms with Gasteiger partial charge in [0.1, 0.15) is 9.04 Å². The topological polar surface area (TPSA) is 40.2 Å². The molecule has 3 atom stereocenters. The third kappa shape index (κ3) is 3.39. The van der Waals surface area contributed by atoms with Gasteiger partial charge in [-0.15, -0.1) is 0 Å². The Bertz CT molecular complexity index is 239. The normalized spacial score (nSPS) is 33.0. The van der Waals surface area contributed by atoms with Crippen LogP contribution in [0.5, 0.6) is 0 Å². The maximum Gasteiger partial charge on any atom is 0.461 e. The summed E-state index contributed by atoms with van der Waals surface area (Å²) in [7, 11) is 2.55. The summed E-state index contributed by atoms with van der Waals surface area (Å²) in [5.41, 5.74) is 0. The van der Waals surface area contributed by atoms with Crippen LogP contribution < -0.4 is 0 Å². The van der Waals surface area contributed by atoms with Gasteiger partial charge in [0.05, 0.1) is 12.2 Å². The summed E-state index contributed by atoms with van der Waals surface area (Å²) in [6, 6.07) is 1.27. The van der Waals surface area contributed by atoms with Crippen LogP contribution >= 0.6 is 0 Å². The van der Waals surface area contributed by atoms with Crippen LogP contribution in [-0.4, -0.2) is 50.9 Å². The van der Waals surface area contributed by atoms with Gasteiger partial charge in [-0.2, -0.15) is 0 Å². The lowest BCUT2D eigenvalue weighted by Gasteiger charge is -2.25. The molecular weight excluding hydrogens is 252 g/mol. The minimum Gasteiger partial charge on any atom is -0.380 e. The molecule has 100 valence electrons. The average Bonchev–Trinajstić information content (AvgIpc) is 3.14. The Morgan fingerprint density at radius 1 is 1.12 bits per heavy atom. The van der Waals surface area contributed by atoms with Crippen molar-refractivity contribution in [3.63, 3.8) is 0 Å². The number of rotatable bonds is 7. The summed E-state index contributed by atoms with van der Waals surface area (Å²) in [6.45, 7) is 0. The first-order valence-electron chi connectivity index (χ1n) is 6.54. The van der Waals surface area contributed by atoms with Crippen LogP contribution in [0.2, 0.25) is 6.04 Å². The third-order valence-corrected chi connectivity index (χ3v) is 12.9. The van der Waals surface area contributed by atoms with Crippen molar-refractivity contribution in [1.29, 1.82) is 0 Å². The van der Waals surface area contributed by atoms with Gasteiger partial charge in [0.2, 0.25) is 0 Å². The lowest BCUT2D eigenvalue weighted by atomic mass is 9.88. The van der Waals surface area contributed by atoms with Gasteiger partial charge in [-0.1, -0.05) is 12.5 Å². The van der Waals surface area contributed by atoms with E-state index < -0.39 is 17.4 Å². The van der Waals surface area contributed by atoms with Crippen molar-refractivity contribution in [3.8, 4) is 0 Å². The van der Waals surface area contributed by atoms with Crippen LogP contribution in [0.1, 0.15) is 25.7 Å². The molecule has 0 aromatic rings. The predicted octanol–water partition coefficient (Wildman–Crippen LogP) is 0.906. The summed E-state index contributed by atoms with van der Waals surface area (Å²) in [5.74, 6) is 0.864. The van der Waals surface area contributed by atoms with Gasteiger partial charge >= 0.3 is 8.32 Å². The molecule has 2 aliphatic rings. The van der Waals surface area contributed by atoms with Gasteiger partial charge in [0.15, 0.2) is 0 Å². The minimum atomic E-state index is -2.20. The highest BCUT2D eigenvalue weighted by molar-refractivity contribution is 7.14. The molecule has 3 unspecified atom stereocenters. The summed E-state index contributed by atoms with van der Waals surface area (Å²) >= 11 is 0. The smallest absolute Gasteiger partial charge is 0.380 e. The molecule has 0 aromatic carbocycles. The number of ether oxygens (including phenoxy) is 1. The second-order valence-electron chi connectivity index (χ2n) is 5.08. The Kier molecular flexibility index (Phi) is 4.79. The summed E-state index contributed by atoms with van der Waals surface area (Å²) in [5, 5.41) is 0. The molecular formula is C11H24O4Si2. The number of fused-ring (bicyclic) bond motifs is 1. The maximum atomic E-state index is 5.56. The number of epoxide rings is 1. The molecule has 1 saturated heterocycles. The van der Waals surface area contributed by atoms with Crippen molar-refractivity contribution in [2.45, 2.75) is 43.9 Å². The van der Waals surface area contributed by atoms with E-state index in [1.54, 1.807) is 21.3 Å². The van der Waals surface area contributed by atoms with Crippen LogP contribution in [0.4, 0.5) is 0 Å². The van der Waals surface area contributed by atoms with E-state index in [-0.39, 0.29) is 0 Å². The minimum absolute atomic E-state index is 0.399. The van der Waals surface area contributed by atoms with Crippen LogP contribution in [0.3, 0.4) is 0 Å². The van der Waals surface area contributed by atoms with E-state index >= 15 is 0 Å². The number of hydrogen-bond donors (Lipinski definition) is 0. The third-order valence-electron chi connectivity index (χ3n) is 4.14. The number of hydrogen-bond acceptors (Lipinski definition) is 4. The first kappa shape index (κ1) is 13.7. The Labute approximate surface area is 107 Å². The Hall–Kier alpha value is 0.274. The van der Waals surface area contributed by atoms with Gasteiger partial charge in [-0.05, 0) is 25.2 Å². The fourth-order valence-corrected chi connectivity index (χ4v) is 8.99. The molecule has 4 nitrogen and oxygen atoms in total. The van der Waals surface area contributed by atoms with E-state index in [4.69, 9.17) is 18.0 Å². The second kappa shape index (κ2) is 5.94. The quantitative estimate of drug-likeness (QED) is 0.512. The Morgan fingerprint density at radius 3 is 2.41 bits per heavy atom. The van der Waals surface area contributed by atoms with Crippen molar-refractivity contribution in [1.82, 2.24) is 0 Å². The van der Waals surface area contributed by atoms with Crippen LogP contribution in [0.25, 0.3) is 0 Å². The van der Waals surface area contributed by atoms with Gasteiger partial charge in [0, 0.05) is 21.3 Å². The van der Waals surface area contributed by atoms with Crippen LogP contribution in [0, 0.1) is 5.92 Å². The highest BCUT2D eigenvalue weighted by Gasteiger charge is 2.44. The SMILES string of the molecule is CO[Si](OC)(OC)[SiH2]CCC1CCC2OC2C1. The molecule has 17 heavy (non-hydrogen) atoms. The molecule has 1 heterocycles. The van der Waals surface area contributed by atoms with Crippen molar-refractivity contribution in [2.75, 3.05) is 21.3 Å². The van der Waals surface area contributed by atoms with Gasteiger partial charge in [-0.25, -0.2) is 0 Å². The molecule has 2 fully saturated rings. The zero-order chi connectivity index (χ0) is 12.3. The first-order chi connectivity index (χ1) is 8.23. The molecule has 0 N–H and O–H groups in total. The maximum absolute atomic E-state index is 5.56. The van der Waals surface area contributed by atoms with Crippen LogP contribution in [-0.2, 0) is 18.0 Å². The fourth-order valence-electron chi connectivity index (χ4n) is 2.91. The standard InChI is InChI=1S/C11H24O4Si2/c1-12-17(13-2,14-3)16-7-6-9-4-5-10-11(8-9)15-10/h9-11H,4-8,16H2,1-3H3. The van der Waals surface area contributed by atoms with Crippen molar-refractivity contribution < 1.29 is 18.0 Å². The van der Waals surface area contributed by atoms with Crippen molar-refractivity contribution in [2.24, 2.45) is 5.92 Å². The lowest BCUT2D eigenvalue weighted by molar-refractivity contribution is 0.148. The zero-order valence-electron chi connectivity index (χ0n) is 11.1. The van der Waals surface area contributed by atoms with E-state index in [2.05, 4.69) is 0 Å². The van der Waals surface area contributed by atoms with E-state index in [0.717, 1.165) is 5.92 Å². The highest BCUT2D eigenvalue weighted by Crippen LogP contribution is 2.41. The summed E-state index contributed by atoms with van der Waals surface area (Å²) < 4.78 is 22.0. The monoisotopic (exact) mass is 276 g/mol. The largest absolute Gasteiger partial charge is 0.461 e. The van der Waals surface area contributed by atoms with E-state index in [0.29, 0.717) is 12.2 Å². The second-order valence-corrected chi connectivity index (χ2v) is 13.0. The molecule has 6 heteroatoms. The molecule has 0 amide bonds. The van der Waals surface area contributed by atoms with E-state index in [9.17, 15) is 0 Å². The average molecular weight is 276 g/mol. The van der Waals surface area contributed by atoms with E-state index in [1.165, 1.54) is 31.7 Å². The first-order valence-corrected chi connectivity index (χ1v) is 11.6. The summed E-state index contributed by atoms with van der Waals surface area (Å²) in [4.78, 5) is 0. The van der Waals surface area contributed by atoms with Gasteiger partial charge in [0.25, 0.3) is 0 Å². The fraction of sp³-hybridized carbons (Fsp3) is 1.00. The molecule has 0 radical (unpaired) electrons. The Balaban J connectivity index is 1.67.